The molecule has 2 heteroatoms. The van der Waals surface area contributed by atoms with Gasteiger partial charge < -0.3 is 10.6 Å². The molecule has 0 spiro atoms. The van der Waals surface area contributed by atoms with Crippen LogP contribution in [0, 0.1) is 0 Å². The Morgan fingerprint density at radius 3 is 2.00 bits per heavy atom. The Morgan fingerprint density at radius 2 is 2.00 bits per heavy atom. The molecule has 0 heterocycles. The molecule has 48 valence electrons. The van der Waals surface area contributed by atoms with Gasteiger partial charge in [-0.05, 0) is 26.9 Å². The van der Waals surface area contributed by atoms with Gasteiger partial charge in [-0.15, -0.1) is 0 Å². The summed E-state index contributed by atoms with van der Waals surface area (Å²) in [6.07, 6.45) is 2.50. The maximum atomic E-state index is 5.68. The summed E-state index contributed by atoms with van der Waals surface area (Å²) in [7, 11) is 4.17. The Bertz CT molecular complexity index is 75.8. The van der Waals surface area contributed by atoms with E-state index in [2.05, 4.69) is 19.0 Å². The number of nitrogens with zero attached hydrogens (tertiary/aromatic N) is 1. The molecule has 0 aromatic heterocycles. The Hall–Kier alpha value is -0.0800. The van der Waals surface area contributed by atoms with Crippen LogP contribution in [0.2, 0.25) is 0 Å². The molecule has 2 N–H and O–H groups in total. The molecule has 1 saturated carbocycles. The highest BCUT2D eigenvalue weighted by Gasteiger charge is 2.28. The predicted molar refractivity (Wildman–Crippen MR) is 34.7 cm³/mol. The SMILES string of the molecule is CN(C)[C@@H]1CC[C@@H]1N. The lowest BCUT2D eigenvalue weighted by molar-refractivity contribution is 0.161. The van der Waals surface area contributed by atoms with Crippen LogP contribution in [0.3, 0.4) is 0 Å². The van der Waals surface area contributed by atoms with Crippen LogP contribution in [-0.2, 0) is 0 Å². The molecule has 2 nitrogen and oxygen atoms in total. The lowest BCUT2D eigenvalue weighted by Gasteiger charge is -2.38. The number of hydrogen-bond donors (Lipinski definition) is 1. The number of likely N-dealkylation sites (N-methyl/N-ethyl adjacent to an activating group) is 1. The monoisotopic (exact) mass is 114 g/mol. The van der Waals surface area contributed by atoms with Crippen LogP contribution < -0.4 is 5.73 Å². The molecular weight excluding hydrogens is 100 g/mol. The number of nitrogens with two attached hydrogens (primary N) is 1. The van der Waals surface area contributed by atoms with Crippen LogP contribution in [0.25, 0.3) is 0 Å². The predicted octanol–water partition coefficient (Wildman–Crippen LogP) is 0.0377. The van der Waals surface area contributed by atoms with Gasteiger partial charge in [-0.1, -0.05) is 0 Å². The average molecular weight is 114 g/mol. The second-order valence-corrected chi connectivity index (χ2v) is 2.77. The average Bonchev–Trinajstić information content (AvgIpc) is 1.61. The van der Waals surface area contributed by atoms with E-state index in [1.54, 1.807) is 0 Å². The summed E-state index contributed by atoms with van der Waals surface area (Å²) in [4.78, 5) is 2.20. The van der Waals surface area contributed by atoms with E-state index in [-0.39, 0.29) is 0 Å². The minimum absolute atomic E-state index is 0.449. The third-order valence-corrected chi connectivity index (χ3v) is 1.95. The van der Waals surface area contributed by atoms with Crippen LogP contribution in [0.4, 0.5) is 0 Å². The van der Waals surface area contributed by atoms with Gasteiger partial charge in [0.2, 0.25) is 0 Å². The molecule has 1 fully saturated rings. The summed E-state index contributed by atoms with van der Waals surface area (Å²) >= 11 is 0. The van der Waals surface area contributed by atoms with Crippen LogP contribution in [0.5, 0.6) is 0 Å². The summed E-state index contributed by atoms with van der Waals surface area (Å²) in [6.45, 7) is 0. The molecule has 0 aromatic carbocycles. The van der Waals surface area contributed by atoms with Crippen LogP contribution in [0.15, 0.2) is 0 Å². The second-order valence-electron chi connectivity index (χ2n) is 2.77. The molecule has 0 bridgehead atoms. The Kier molecular flexibility index (Phi) is 1.54. The molecule has 0 aromatic rings. The summed E-state index contributed by atoms with van der Waals surface area (Å²) in [5.74, 6) is 0. The molecule has 0 radical (unpaired) electrons. The maximum Gasteiger partial charge on any atom is 0.0241 e. The summed E-state index contributed by atoms with van der Waals surface area (Å²) < 4.78 is 0. The Balaban J connectivity index is 2.26. The van der Waals surface area contributed by atoms with Crippen molar-refractivity contribution in [2.75, 3.05) is 14.1 Å². The van der Waals surface area contributed by atoms with Gasteiger partial charge in [0.1, 0.15) is 0 Å². The standard InChI is InChI=1S/C6H14N2/c1-8(2)6-4-3-5(6)7/h5-6H,3-4,7H2,1-2H3/t5-,6+/m0/s1. The fourth-order valence-corrected chi connectivity index (χ4v) is 1.15. The van der Waals surface area contributed by atoms with Crippen molar-refractivity contribution >= 4 is 0 Å². The third kappa shape index (κ3) is 0.858. The molecule has 2 atom stereocenters. The van der Waals surface area contributed by atoms with Crippen molar-refractivity contribution in [1.29, 1.82) is 0 Å². The molecule has 8 heavy (non-hydrogen) atoms. The summed E-state index contributed by atoms with van der Waals surface area (Å²) in [5.41, 5.74) is 5.68. The molecule has 0 unspecified atom stereocenters. The highest BCUT2D eigenvalue weighted by Crippen LogP contribution is 2.20. The van der Waals surface area contributed by atoms with E-state index in [4.69, 9.17) is 5.73 Å². The van der Waals surface area contributed by atoms with Crippen LogP contribution in [-0.4, -0.2) is 31.1 Å². The van der Waals surface area contributed by atoms with E-state index in [0.717, 1.165) is 0 Å². The Morgan fingerprint density at radius 1 is 1.38 bits per heavy atom. The van der Waals surface area contributed by atoms with Crippen molar-refractivity contribution in [3.63, 3.8) is 0 Å². The highest BCUT2D eigenvalue weighted by molar-refractivity contribution is 4.89. The van der Waals surface area contributed by atoms with Crippen molar-refractivity contribution in [3.8, 4) is 0 Å². The van der Waals surface area contributed by atoms with Gasteiger partial charge >= 0.3 is 0 Å². The van der Waals surface area contributed by atoms with Gasteiger partial charge in [-0.2, -0.15) is 0 Å². The quantitative estimate of drug-likeness (QED) is 0.521. The van der Waals surface area contributed by atoms with Crippen LogP contribution >= 0.6 is 0 Å². The smallest absolute Gasteiger partial charge is 0.0241 e. The molecule has 1 rings (SSSR count). The summed E-state index contributed by atoms with van der Waals surface area (Å²) in [6, 6.07) is 1.11. The molecule has 0 amide bonds. The highest BCUT2D eigenvalue weighted by atomic mass is 15.1. The zero-order valence-corrected chi connectivity index (χ0v) is 5.59. The first-order valence-corrected chi connectivity index (χ1v) is 3.14. The second kappa shape index (κ2) is 2.03. The first kappa shape index (κ1) is 6.05. The lowest BCUT2D eigenvalue weighted by atomic mass is 9.86. The normalized spacial score (nSPS) is 37.5. The first-order chi connectivity index (χ1) is 3.72. The fourth-order valence-electron chi connectivity index (χ4n) is 1.15. The molecular formula is C6H14N2. The topological polar surface area (TPSA) is 29.3 Å². The van der Waals surface area contributed by atoms with Gasteiger partial charge in [0.15, 0.2) is 0 Å². The molecule has 0 saturated heterocycles. The maximum absolute atomic E-state index is 5.68. The Labute approximate surface area is 50.7 Å². The minimum Gasteiger partial charge on any atom is -0.326 e. The van der Waals surface area contributed by atoms with Crippen molar-refractivity contribution in [2.45, 2.75) is 24.9 Å². The van der Waals surface area contributed by atoms with E-state index in [1.165, 1.54) is 12.8 Å². The van der Waals surface area contributed by atoms with E-state index >= 15 is 0 Å². The van der Waals surface area contributed by atoms with Crippen molar-refractivity contribution in [1.82, 2.24) is 4.90 Å². The van der Waals surface area contributed by atoms with Crippen LogP contribution in [0.1, 0.15) is 12.8 Å². The van der Waals surface area contributed by atoms with Crippen molar-refractivity contribution in [2.24, 2.45) is 5.73 Å². The van der Waals surface area contributed by atoms with Gasteiger partial charge in [0, 0.05) is 12.1 Å². The zero-order chi connectivity index (χ0) is 6.15. The van der Waals surface area contributed by atoms with E-state index < -0.39 is 0 Å². The van der Waals surface area contributed by atoms with E-state index in [9.17, 15) is 0 Å². The van der Waals surface area contributed by atoms with Gasteiger partial charge in [0.05, 0.1) is 0 Å². The lowest BCUT2D eigenvalue weighted by Crippen LogP contribution is -2.52. The van der Waals surface area contributed by atoms with E-state index in [1.807, 2.05) is 0 Å². The largest absolute Gasteiger partial charge is 0.326 e. The molecule has 0 aliphatic heterocycles. The van der Waals surface area contributed by atoms with Crippen molar-refractivity contribution < 1.29 is 0 Å². The molecule has 1 aliphatic rings. The minimum atomic E-state index is 0.449. The number of hydrogen-bond acceptors (Lipinski definition) is 2. The summed E-state index contributed by atoms with van der Waals surface area (Å²) in [5, 5.41) is 0. The third-order valence-electron chi connectivity index (χ3n) is 1.95. The van der Waals surface area contributed by atoms with E-state index in [0.29, 0.717) is 12.1 Å². The van der Waals surface area contributed by atoms with Gasteiger partial charge in [-0.3, -0.25) is 0 Å². The van der Waals surface area contributed by atoms with Gasteiger partial charge in [-0.25, -0.2) is 0 Å². The fraction of sp³-hybridized carbons (Fsp3) is 1.00. The van der Waals surface area contributed by atoms with Gasteiger partial charge in [0.25, 0.3) is 0 Å². The first-order valence-electron chi connectivity index (χ1n) is 3.14. The number of rotatable bonds is 1. The molecule has 1 aliphatic carbocycles. The van der Waals surface area contributed by atoms with Crippen molar-refractivity contribution in [3.05, 3.63) is 0 Å². The zero-order valence-electron chi connectivity index (χ0n) is 5.59.